The normalized spacial score (nSPS) is 17.4. The zero-order chi connectivity index (χ0) is 17.9. The number of aromatic nitrogens is 2. The van der Waals surface area contributed by atoms with Gasteiger partial charge in [0.05, 0.1) is 24.7 Å². The van der Waals surface area contributed by atoms with Crippen LogP contribution in [0.25, 0.3) is 0 Å². The molecular formula is C15H19N3O5S2. The third-order valence-corrected chi connectivity index (χ3v) is 6.20. The Kier molecular flexibility index (Phi) is 5.52. The molecule has 0 aromatic carbocycles. The van der Waals surface area contributed by atoms with Gasteiger partial charge in [-0.2, -0.15) is 16.4 Å². The first-order valence-electron chi connectivity index (χ1n) is 7.84. The Labute approximate surface area is 149 Å². The van der Waals surface area contributed by atoms with E-state index in [0.29, 0.717) is 18.8 Å². The molecule has 3 heterocycles. The van der Waals surface area contributed by atoms with Crippen LogP contribution in [0.1, 0.15) is 36.9 Å². The fraction of sp³-hybridized carbons (Fsp3) is 0.467. The minimum atomic E-state index is -3.87. The van der Waals surface area contributed by atoms with Crippen LogP contribution in [0.15, 0.2) is 34.1 Å². The summed E-state index contributed by atoms with van der Waals surface area (Å²) >= 11 is 1.38. The van der Waals surface area contributed by atoms with E-state index in [1.165, 1.54) is 23.7 Å². The minimum absolute atomic E-state index is 0.0320. The Morgan fingerprint density at radius 2 is 2.24 bits per heavy atom. The standard InChI is InChI=1S/C15H19N3O5S2/c19-15(20)7-14(11-3-6-24-10-11)17-25(21,22)13-8-16-18(9-13)12-1-4-23-5-2-12/h3,6,8-10,12,14,17H,1-2,4-5,7H2,(H,19,20). The van der Waals surface area contributed by atoms with Crippen LogP contribution in [0.5, 0.6) is 0 Å². The van der Waals surface area contributed by atoms with Crippen molar-refractivity contribution in [3.8, 4) is 0 Å². The number of hydrogen-bond donors (Lipinski definition) is 2. The van der Waals surface area contributed by atoms with Gasteiger partial charge in [-0.25, -0.2) is 13.1 Å². The second-order valence-corrected chi connectivity index (χ2v) is 8.32. The molecule has 1 aliphatic heterocycles. The molecule has 2 aromatic heterocycles. The van der Waals surface area contributed by atoms with E-state index >= 15 is 0 Å². The number of nitrogens with zero attached hydrogens (tertiary/aromatic N) is 2. The van der Waals surface area contributed by atoms with Gasteiger partial charge in [0.1, 0.15) is 4.90 Å². The number of nitrogens with one attached hydrogen (secondary N) is 1. The van der Waals surface area contributed by atoms with Crippen molar-refractivity contribution in [2.24, 2.45) is 0 Å². The predicted molar refractivity (Wildman–Crippen MR) is 91.0 cm³/mol. The number of carbonyl (C=O) groups is 1. The second-order valence-electron chi connectivity index (χ2n) is 5.83. The number of carboxylic acids is 1. The van der Waals surface area contributed by atoms with E-state index in [-0.39, 0.29) is 17.4 Å². The van der Waals surface area contributed by atoms with Gasteiger partial charge in [0.15, 0.2) is 0 Å². The summed E-state index contributed by atoms with van der Waals surface area (Å²) in [5.41, 5.74) is 0.632. The first-order chi connectivity index (χ1) is 12.0. The maximum Gasteiger partial charge on any atom is 0.305 e. The van der Waals surface area contributed by atoms with Gasteiger partial charge in [-0.1, -0.05) is 0 Å². The van der Waals surface area contributed by atoms with E-state index in [0.717, 1.165) is 12.8 Å². The van der Waals surface area contributed by atoms with Gasteiger partial charge in [-0.15, -0.1) is 0 Å². The molecule has 8 nitrogen and oxygen atoms in total. The fourth-order valence-corrected chi connectivity index (χ4v) is 4.62. The molecule has 0 bridgehead atoms. The van der Waals surface area contributed by atoms with E-state index in [1.54, 1.807) is 21.5 Å². The molecule has 136 valence electrons. The van der Waals surface area contributed by atoms with Gasteiger partial charge >= 0.3 is 5.97 Å². The van der Waals surface area contributed by atoms with Crippen LogP contribution in [0.3, 0.4) is 0 Å². The monoisotopic (exact) mass is 385 g/mol. The third kappa shape index (κ3) is 4.46. The predicted octanol–water partition coefficient (Wildman–Crippen LogP) is 1.79. The molecule has 2 N–H and O–H groups in total. The Morgan fingerprint density at radius 1 is 1.48 bits per heavy atom. The van der Waals surface area contributed by atoms with Gasteiger partial charge in [-0.05, 0) is 35.2 Å². The van der Waals surface area contributed by atoms with Crippen molar-refractivity contribution in [1.82, 2.24) is 14.5 Å². The Bertz CT molecular complexity index is 810. The van der Waals surface area contributed by atoms with Crippen LogP contribution >= 0.6 is 11.3 Å². The molecule has 1 unspecified atom stereocenters. The van der Waals surface area contributed by atoms with E-state index in [9.17, 15) is 13.2 Å². The van der Waals surface area contributed by atoms with Crippen LogP contribution in [-0.2, 0) is 19.6 Å². The second kappa shape index (κ2) is 7.65. The molecule has 0 saturated carbocycles. The Balaban J connectivity index is 1.78. The highest BCUT2D eigenvalue weighted by Gasteiger charge is 2.26. The van der Waals surface area contributed by atoms with Crippen molar-refractivity contribution >= 4 is 27.3 Å². The summed E-state index contributed by atoms with van der Waals surface area (Å²) < 4.78 is 34.7. The lowest BCUT2D eigenvalue weighted by molar-refractivity contribution is -0.137. The molecule has 0 amide bonds. The van der Waals surface area contributed by atoms with Crippen LogP contribution < -0.4 is 4.72 Å². The molecule has 0 spiro atoms. The third-order valence-electron chi connectivity index (χ3n) is 4.07. The zero-order valence-corrected chi connectivity index (χ0v) is 15.0. The first kappa shape index (κ1) is 18.1. The van der Waals surface area contributed by atoms with Gasteiger partial charge < -0.3 is 9.84 Å². The lowest BCUT2D eigenvalue weighted by atomic mass is 10.1. The first-order valence-corrected chi connectivity index (χ1v) is 10.3. The molecule has 0 radical (unpaired) electrons. The summed E-state index contributed by atoms with van der Waals surface area (Å²) in [5, 5.41) is 16.7. The van der Waals surface area contributed by atoms with Crippen molar-refractivity contribution in [3.63, 3.8) is 0 Å². The van der Waals surface area contributed by atoms with Gasteiger partial charge in [0, 0.05) is 19.4 Å². The van der Waals surface area contributed by atoms with Crippen molar-refractivity contribution < 1.29 is 23.1 Å². The summed E-state index contributed by atoms with van der Waals surface area (Å²) in [7, 11) is -3.87. The smallest absolute Gasteiger partial charge is 0.305 e. The molecule has 2 aromatic rings. The lowest BCUT2D eigenvalue weighted by Crippen LogP contribution is -2.30. The van der Waals surface area contributed by atoms with Crippen molar-refractivity contribution in [3.05, 3.63) is 34.8 Å². The molecule has 1 fully saturated rings. The highest BCUT2D eigenvalue weighted by Crippen LogP contribution is 2.24. The zero-order valence-electron chi connectivity index (χ0n) is 13.4. The highest BCUT2D eigenvalue weighted by atomic mass is 32.2. The topological polar surface area (TPSA) is 111 Å². The van der Waals surface area contributed by atoms with Crippen LogP contribution in [0, 0.1) is 0 Å². The Morgan fingerprint density at radius 3 is 2.88 bits per heavy atom. The van der Waals surface area contributed by atoms with E-state index in [2.05, 4.69) is 9.82 Å². The van der Waals surface area contributed by atoms with Crippen molar-refractivity contribution in [2.45, 2.75) is 36.2 Å². The van der Waals surface area contributed by atoms with Crippen LogP contribution in [-0.4, -0.2) is 42.5 Å². The number of aliphatic carboxylic acids is 1. The lowest BCUT2D eigenvalue weighted by Gasteiger charge is -2.22. The van der Waals surface area contributed by atoms with E-state index in [1.807, 2.05) is 0 Å². The number of hydrogen-bond acceptors (Lipinski definition) is 6. The molecule has 25 heavy (non-hydrogen) atoms. The molecule has 10 heteroatoms. The molecule has 0 aliphatic carbocycles. The number of ether oxygens (including phenoxy) is 1. The Hall–Kier alpha value is -1.75. The molecule has 1 aliphatic rings. The number of sulfonamides is 1. The molecule has 1 atom stereocenters. The number of thiophene rings is 1. The average Bonchev–Trinajstić information content (AvgIpc) is 3.27. The highest BCUT2D eigenvalue weighted by molar-refractivity contribution is 7.89. The molecule has 1 saturated heterocycles. The maximum atomic E-state index is 12.6. The quantitative estimate of drug-likeness (QED) is 0.752. The summed E-state index contributed by atoms with van der Waals surface area (Å²) in [6.45, 7) is 1.26. The van der Waals surface area contributed by atoms with Crippen molar-refractivity contribution in [2.75, 3.05) is 13.2 Å². The summed E-state index contributed by atoms with van der Waals surface area (Å²) in [4.78, 5) is 11.1. The van der Waals surface area contributed by atoms with Gasteiger partial charge in [0.2, 0.25) is 10.0 Å². The van der Waals surface area contributed by atoms with Gasteiger partial charge in [-0.3, -0.25) is 9.48 Å². The number of carboxylic acid groups (broad SMARTS) is 1. The SMILES string of the molecule is O=C(O)CC(NS(=O)(=O)c1cnn(C2CCOCC2)c1)c1ccsc1. The van der Waals surface area contributed by atoms with Crippen LogP contribution in [0.2, 0.25) is 0 Å². The summed E-state index contributed by atoms with van der Waals surface area (Å²) in [6, 6.07) is 1.01. The van der Waals surface area contributed by atoms with Crippen LogP contribution in [0.4, 0.5) is 0 Å². The maximum absolute atomic E-state index is 12.6. The van der Waals surface area contributed by atoms with E-state index < -0.39 is 22.0 Å². The van der Waals surface area contributed by atoms with Crippen molar-refractivity contribution in [1.29, 1.82) is 0 Å². The summed E-state index contributed by atoms with van der Waals surface area (Å²) in [6.07, 6.45) is 4.02. The van der Waals surface area contributed by atoms with Gasteiger partial charge in [0.25, 0.3) is 0 Å². The number of rotatable bonds is 7. The fourth-order valence-electron chi connectivity index (χ4n) is 2.74. The molecule has 3 rings (SSSR count). The summed E-state index contributed by atoms with van der Waals surface area (Å²) in [5.74, 6) is -1.07. The largest absolute Gasteiger partial charge is 0.481 e. The van der Waals surface area contributed by atoms with E-state index in [4.69, 9.17) is 9.84 Å². The average molecular weight is 385 g/mol. The minimum Gasteiger partial charge on any atom is -0.481 e. The molecular weight excluding hydrogens is 366 g/mol.